The quantitative estimate of drug-likeness (QED) is 0.835. The van der Waals surface area contributed by atoms with Gasteiger partial charge in [-0.05, 0) is 27.7 Å². The normalized spacial score (nSPS) is 11.5. The molecule has 1 N–H and O–H groups in total. The first kappa shape index (κ1) is 16.4. The van der Waals surface area contributed by atoms with Crippen LogP contribution in [0.15, 0.2) is 4.42 Å². The number of likely N-dealkylation sites (N-methyl/N-ethyl adjacent to an activating group) is 2. The largest absolute Gasteiger partial charge is 0.407 e. The second kappa shape index (κ2) is 6.69. The molecule has 0 aliphatic carbocycles. The lowest BCUT2D eigenvalue weighted by Gasteiger charge is -2.20. The Hall–Kier alpha value is -1.63. The van der Waals surface area contributed by atoms with E-state index in [0.29, 0.717) is 25.0 Å². The predicted molar refractivity (Wildman–Crippen MR) is 77.5 cm³/mol. The maximum Gasteiger partial charge on any atom is 0.318 e. The first-order chi connectivity index (χ1) is 9.23. The molecule has 114 valence electrons. The van der Waals surface area contributed by atoms with Crippen molar-refractivity contribution in [2.24, 2.45) is 0 Å². The van der Waals surface area contributed by atoms with Gasteiger partial charge in [-0.15, -0.1) is 5.10 Å². The minimum atomic E-state index is -0.0139. The van der Waals surface area contributed by atoms with Gasteiger partial charge in [-0.2, -0.15) is 0 Å². The molecule has 0 spiro atoms. The van der Waals surface area contributed by atoms with Crippen molar-refractivity contribution < 1.29 is 9.21 Å². The highest BCUT2D eigenvalue weighted by Gasteiger charge is 2.18. The van der Waals surface area contributed by atoms with Crippen LogP contribution in [0.25, 0.3) is 0 Å². The number of hydrogen-bond donors (Lipinski definition) is 1. The summed E-state index contributed by atoms with van der Waals surface area (Å²) in [6.45, 7) is 9.52. The van der Waals surface area contributed by atoms with Crippen LogP contribution in [-0.2, 0) is 11.3 Å². The highest BCUT2D eigenvalue weighted by Crippen LogP contribution is 2.12. The molecule has 1 rings (SSSR count). The molecule has 0 bridgehead atoms. The summed E-state index contributed by atoms with van der Waals surface area (Å²) in [5, 5.41) is 11.3. The van der Waals surface area contributed by atoms with E-state index in [2.05, 4.69) is 36.3 Å². The highest BCUT2D eigenvalue weighted by atomic mass is 16.4. The van der Waals surface area contributed by atoms with E-state index in [1.807, 2.05) is 6.92 Å². The van der Waals surface area contributed by atoms with Gasteiger partial charge in [0.15, 0.2) is 0 Å². The standard InChI is InChI=1S/C13H25N5O2/c1-7-18(9-11(19)17(5)6)12-16-15-10(20-12)8-14-13(2,3)4/h14H,7-9H2,1-6H3. The predicted octanol–water partition coefficient (Wildman–Crippen LogP) is 0.872. The van der Waals surface area contributed by atoms with Crippen molar-refractivity contribution in [2.45, 2.75) is 39.8 Å². The lowest BCUT2D eigenvalue weighted by atomic mass is 10.1. The molecule has 0 aromatic carbocycles. The maximum atomic E-state index is 11.7. The van der Waals surface area contributed by atoms with Gasteiger partial charge in [-0.25, -0.2) is 0 Å². The van der Waals surface area contributed by atoms with Gasteiger partial charge >= 0.3 is 6.01 Å². The lowest BCUT2D eigenvalue weighted by molar-refractivity contribution is -0.127. The minimum Gasteiger partial charge on any atom is -0.407 e. The summed E-state index contributed by atoms with van der Waals surface area (Å²) >= 11 is 0. The van der Waals surface area contributed by atoms with Crippen molar-refractivity contribution in [1.82, 2.24) is 20.4 Å². The Balaban J connectivity index is 2.66. The summed E-state index contributed by atoms with van der Waals surface area (Å²) in [7, 11) is 3.45. The second-order valence-electron chi connectivity index (χ2n) is 5.88. The van der Waals surface area contributed by atoms with Crippen molar-refractivity contribution in [2.75, 3.05) is 32.1 Å². The topological polar surface area (TPSA) is 74.5 Å². The molecule has 0 radical (unpaired) electrons. The fourth-order valence-corrected chi connectivity index (χ4v) is 1.40. The molecule has 0 aliphatic rings. The van der Waals surface area contributed by atoms with Crippen LogP contribution in [-0.4, -0.2) is 53.7 Å². The lowest BCUT2D eigenvalue weighted by Crippen LogP contribution is -2.36. The number of aromatic nitrogens is 2. The van der Waals surface area contributed by atoms with Crippen LogP contribution in [0.2, 0.25) is 0 Å². The van der Waals surface area contributed by atoms with E-state index in [1.165, 1.54) is 0 Å². The molecule has 20 heavy (non-hydrogen) atoms. The summed E-state index contributed by atoms with van der Waals surface area (Å²) in [6.07, 6.45) is 0. The van der Waals surface area contributed by atoms with Gasteiger partial charge < -0.3 is 19.5 Å². The first-order valence-corrected chi connectivity index (χ1v) is 6.75. The number of hydrogen-bond acceptors (Lipinski definition) is 6. The third kappa shape index (κ3) is 5.16. The number of nitrogens with zero attached hydrogens (tertiary/aromatic N) is 4. The summed E-state index contributed by atoms with van der Waals surface area (Å²) in [5.41, 5.74) is -0.0139. The van der Waals surface area contributed by atoms with Gasteiger partial charge in [0.05, 0.1) is 6.54 Å². The number of nitrogens with one attached hydrogen (secondary N) is 1. The van der Waals surface area contributed by atoms with Crippen molar-refractivity contribution in [3.8, 4) is 0 Å². The van der Waals surface area contributed by atoms with Crippen LogP contribution in [0.5, 0.6) is 0 Å². The molecule has 0 saturated carbocycles. The van der Waals surface area contributed by atoms with E-state index in [4.69, 9.17) is 4.42 Å². The van der Waals surface area contributed by atoms with Crippen molar-refractivity contribution in [1.29, 1.82) is 0 Å². The zero-order valence-corrected chi connectivity index (χ0v) is 13.2. The SMILES string of the molecule is CCN(CC(=O)N(C)C)c1nnc(CNC(C)(C)C)o1. The van der Waals surface area contributed by atoms with Gasteiger partial charge in [0.25, 0.3) is 0 Å². The molecule has 1 aromatic heterocycles. The molecular formula is C13H25N5O2. The molecule has 0 unspecified atom stereocenters. The van der Waals surface area contributed by atoms with E-state index in [-0.39, 0.29) is 18.0 Å². The van der Waals surface area contributed by atoms with E-state index >= 15 is 0 Å². The summed E-state index contributed by atoms with van der Waals surface area (Å²) in [6, 6.07) is 0.383. The van der Waals surface area contributed by atoms with Gasteiger partial charge in [-0.3, -0.25) is 4.79 Å². The van der Waals surface area contributed by atoms with E-state index in [1.54, 1.807) is 23.9 Å². The summed E-state index contributed by atoms with van der Waals surface area (Å²) in [4.78, 5) is 15.0. The zero-order valence-electron chi connectivity index (χ0n) is 13.2. The average Bonchev–Trinajstić information content (AvgIpc) is 2.80. The molecule has 7 heteroatoms. The van der Waals surface area contributed by atoms with Crippen LogP contribution in [0.4, 0.5) is 6.01 Å². The maximum absolute atomic E-state index is 11.7. The average molecular weight is 283 g/mol. The van der Waals surface area contributed by atoms with Gasteiger partial charge in [-0.1, -0.05) is 5.10 Å². The Bertz CT molecular complexity index is 436. The minimum absolute atomic E-state index is 0.000540. The van der Waals surface area contributed by atoms with Crippen LogP contribution in [0.3, 0.4) is 0 Å². The molecule has 7 nitrogen and oxygen atoms in total. The van der Waals surface area contributed by atoms with Crippen LogP contribution in [0, 0.1) is 0 Å². The molecule has 1 amide bonds. The number of amides is 1. The number of rotatable bonds is 6. The van der Waals surface area contributed by atoms with Crippen LogP contribution in [0.1, 0.15) is 33.6 Å². The Labute approximate surface area is 120 Å². The van der Waals surface area contributed by atoms with Crippen molar-refractivity contribution in [3.63, 3.8) is 0 Å². The third-order valence-electron chi connectivity index (χ3n) is 2.70. The fourth-order valence-electron chi connectivity index (χ4n) is 1.40. The van der Waals surface area contributed by atoms with Crippen LogP contribution < -0.4 is 10.2 Å². The first-order valence-electron chi connectivity index (χ1n) is 6.75. The number of anilines is 1. The van der Waals surface area contributed by atoms with E-state index in [9.17, 15) is 4.79 Å². The van der Waals surface area contributed by atoms with E-state index in [0.717, 1.165) is 0 Å². The fraction of sp³-hybridized carbons (Fsp3) is 0.769. The number of carbonyl (C=O) groups excluding carboxylic acids is 1. The van der Waals surface area contributed by atoms with E-state index < -0.39 is 0 Å². The molecule has 1 heterocycles. The Morgan fingerprint density at radius 1 is 1.30 bits per heavy atom. The Morgan fingerprint density at radius 2 is 1.95 bits per heavy atom. The van der Waals surface area contributed by atoms with Crippen LogP contribution >= 0.6 is 0 Å². The van der Waals surface area contributed by atoms with Crippen molar-refractivity contribution in [3.05, 3.63) is 5.89 Å². The summed E-state index contributed by atoms with van der Waals surface area (Å²) < 4.78 is 5.58. The molecule has 0 saturated heterocycles. The second-order valence-corrected chi connectivity index (χ2v) is 5.88. The zero-order chi connectivity index (χ0) is 15.3. The summed E-state index contributed by atoms with van der Waals surface area (Å²) in [5.74, 6) is 0.519. The molecule has 0 aliphatic heterocycles. The smallest absolute Gasteiger partial charge is 0.318 e. The molecule has 0 atom stereocenters. The monoisotopic (exact) mass is 283 g/mol. The van der Waals surface area contributed by atoms with Gasteiger partial charge in [0.1, 0.15) is 6.54 Å². The molecule has 1 aromatic rings. The Morgan fingerprint density at radius 3 is 2.45 bits per heavy atom. The van der Waals surface area contributed by atoms with Gasteiger partial charge in [0, 0.05) is 26.2 Å². The number of carbonyl (C=O) groups is 1. The van der Waals surface area contributed by atoms with Gasteiger partial charge in [0.2, 0.25) is 11.8 Å². The van der Waals surface area contributed by atoms with Crippen molar-refractivity contribution >= 4 is 11.9 Å². The highest BCUT2D eigenvalue weighted by molar-refractivity contribution is 5.80. The molecular weight excluding hydrogens is 258 g/mol. The Kier molecular flexibility index (Phi) is 5.50. The third-order valence-corrected chi connectivity index (χ3v) is 2.70. The molecule has 0 fully saturated rings.